The summed E-state index contributed by atoms with van der Waals surface area (Å²) in [6, 6.07) is 8.02. The van der Waals surface area contributed by atoms with Crippen LogP contribution in [0, 0.1) is 11.8 Å². The number of amides is 1. The summed E-state index contributed by atoms with van der Waals surface area (Å²) >= 11 is 0. The van der Waals surface area contributed by atoms with E-state index in [4.69, 9.17) is 9.47 Å². The standard InChI is InChI=1S/C22H33NO5/c1-22(2,3)17-6-8-18(9-7-17)28-12-4-5-20(24)23-15-19(21(25)26)16-10-13-27-14-11-16/h6-9,16,19H,4-5,10-15H2,1-3H3,(H,23,24)(H,25,26). The van der Waals surface area contributed by atoms with Crippen molar-refractivity contribution in [1.82, 2.24) is 5.32 Å². The summed E-state index contributed by atoms with van der Waals surface area (Å²) in [6.07, 6.45) is 2.37. The molecule has 1 amide bonds. The van der Waals surface area contributed by atoms with Crippen LogP contribution in [0.5, 0.6) is 5.75 Å². The second kappa shape index (κ2) is 10.5. The van der Waals surface area contributed by atoms with Gasteiger partial charge in [0.25, 0.3) is 0 Å². The Kier molecular flexibility index (Phi) is 8.30. The fourth-order valence-electron chi connectivity index (χ4n) is 3.36. The van der Waals surface area contributed by atoms with Crippen LogP contribution in [-0.4, -0.2) is 43.3 Å². The molecule has 1 aromatic carbocycles. The predicted octanol–water partition coefficient (Wildman–Crippen LogP) is 3.39. The molecule has 2 N–H and O–H groups in total. The molecule has 6 nitrogen and oxygen atoms in total. The van der Waals surface area contributed by atoms with E-state index in [-0.39, 0.29) is 23.8 Å². The highest BCUT2D eigenvalue weighted by Gasteiger charge is 2.29. The minimum Gasteiger partial charge on any atom is -0.494 e. The number of rotatable bonds is 9. The third-order valence-electron chi connectivity index (χ3n) is 5.21. The van der Waals surface area contributed by atoms with Crippen molar-refractivity contribution in [2.75, 3.05) is 26.4 Å². The van der Waals surface area contributed by atoms with Crippen LogP contribution < -0.4 is 10.1 Å². The molecule has 1 heterocycles. The molecule has 0 bridgehead atoms. The molecular weight excluding hydrogens is 358 g/mol. The van der Waals surface area contributed by atoms with E-state index in [1.54, 1.807) is 0 Å². The van der Waals surface area contributed by atoms with E-state index >= 15 is 0 Å². The number of hydrogen-bond acceptors (Lipinski definition) is 4. The maximum Gasteiger partial charge on any atom is 0.308 e. The van der Waals surface area contributed by atoms with Crippen molar-refractivity contribution >= 4 is 11.9 Å². The van der Waals surface area contributed by atoms with Gasteiger partial charge in [-0.05, 0) is 48.3 Å². The van der Waals surface area contributed by atoms with E-state index in [1.807, 2.05) is 12.1 Å². The summed E-state index contributed by atoms with van der Waals surface area (Å²) in [6.45, 7) is 8.31. The second-order valence-corrected chi connectivity index (χ2v) is 8.43. The molecule has 1 unspecified atom stereocenters. The fraction of sp³-hybridized carbons (Fsp3) is 0.636. The minimum absolute atomic E-state index is 0.0611. The largest absolute Gasteiger partial charge is 0.494 e. The number of benzene rings is 1. The van der Waals surface area contributed by atoms with Crippen molar-refractivity contribution in [1.29, 1.82) is 0 Å². The number of hydrogen-bond donors (Lipinski definition) is 2. The third-order valence-corrected chi connectivity index (χ3v) is 5.21. The van der Waals surface area contributed by atoms with Gasteiger partial charge in [-0.2, -0.15) is 0 Å². The zero-order valence-corrected chi connectivity index (χ0v) is 17.2. The van der Waals surface area contributed by atoms with Gasteiger partial charge in [-0.25, -0.2) is 0 Å². The fourth-order valence-corrected chi connectivity index (χ4v) is 3.36. The average molecular weight is 392 g/mol. The highest BCUT2D eigenvalue weighted by atomic mass is 16.5. The molecule has 1 saturated heterocycles. The van der Waals surface area contributed by atoms with Gasteiger partial charge in [0.2, 0.25) is 5.91 Å². The minimum atomic E-state index is -0.853. The number of carbonyl (C=O) groups excluding carboxylic acids is 1. The first-order valence-corrected chi connectivity index (χ1v) is 10.1. The van der Waals surface area contributed by atoms with Crippen molar-refractivity contribution in [3.63, 3.8) is 0 Å². The van der Waals surface area contributed by atoms with Gasteiger partial charge in [0, 0.05) is 26.2 Å². The van der Waals surface area contributed by atoms with Gasteiger partial charge >= 0.3 is 5.97 Å². The third kappa shape index (κ3) is 7.15. The summed E-state index contributed by atoms with van der Waals surface area (Å²) < 4.78 is 11.0. The number of carbonyl (C=O) groups is 2. The normalized spacial score (nSPS) is 16.4. The maximum atomic E-state index is 12.0. The van der Waals surface area contributed by atoms with Crippen LogP contribution in [0.4, 0.5) is 0 Å². The molecular formula is C22H33NO5. The van der Waals surface area contributed by atoms with E-state index in [1.165, 1.54) is 5.56 Å². The number of carboxylic acids is 1. The van der Waals surface area contributed by atoms with Crippen LogP contribution in [0.15, 0.2) is 24.3 Å². The average Bonchev–Trinajstić information content (AvgIpc) is 2.65. The molecule has 0 spiro atoms. The number of nitrogens with one attached hydrogen (secondary N) is 1. The molecule has 1 atom stereocenters. The quantitative estimate of drug-likeness (QED) is 0.631. The maximum absolute atomic E-state index is 12.0. The molecule has 0 saturated carbocycles. The van der Waals surface area contributed by atoms with Gasteiger partial charge in [0.05, 0.1) is 12.5 Å². The lowest BCUT2D eigenvalue weighted by Gasteiger charge is -2.27. The van der Waals surface area contributed by atoms with Gasteiger partial charge in [0.15, 0.2) is 0 Å². The van der Waals surface area contributed by atoms with Crippen molar-refractivity contribution in [2.45, 2.75) is 51.9 Å². The zero-order valence-electron chi connectivity index (χ0n) is 17.2. The summed E-state index contributed by atoms with van der Waals surface area (Å²) in [7, 11) is 0. The molecule has 1 aliphatic rings. The van der Waals surface area contributed by atoms with Gasteiger partial charge in [-0.15, -0.1) is 0 Å². The SMILES string of the molecule is CC(C)(C)c1ccc(OCCCC(=O)NCC(C(=O)O)C2CCOCC2)cc1. The Morgan fingerprint density at radius 2 is 1.86 bits per heavy atom. The first-order valence-electron chi connectivity index (χ1n) is 10.1. The molecule has 0 aliphatic carbocycles. The van der Waals surface area contributed by atoms with Gasteiger partial charge in [0.1, 0.15) is 5.75 Å². The lowest BCUT2D eigenvalue weighted by atomic mass is 9.86. The predicted molar refractivity (Wildman–Crippen MR) is 108 cm³/mol. The van der Waals surface area contributed by atoms with Crippen LogP contribution >= 0.6 is 0 Å². The van der Waals surface area contributed by atoms with Crippen LogP contribution in [0.1, 0.15) is 52.0 Å². The molecule has 1 aromatic rings. The van der Waals surface area contributed by atoms with Crippen molar-refractivity contribution in [3.8, 4) is 5.75 Å². The van der Waals surface area contributed by atoms with Gasteiger partial charge in [-0.1, -0.05) is 32.9 Å². The molecule has 6 heteroatoms. The lowest BCUT2D eigenvalue weighted by Crippen LogP contribution is -2.39. The molecule has 28 heavy (non-hydrogen) atoms. The van der Waals surface area contributed by atoms with E-state index in [0.29, 0.717) is 32.7 Å². The first kappa shape index (κ1) is 22.2. The molecule has 156 valence electrons. The Balaban J connectivity index is 1.67. The smallest absolute Gasteiger partial charge is 0.308 e. The number of aliphatic carboxylic acids is 1. The van der Waals surface area contributed by atoms with Gasteiger partial charge < -0.3 is 19.9 Å². The van der Waals surface area contributed by atoms with Crippen LogP contribution in [-0.2, 0) is 19.7 Å². The van der Waals surface area contributed by atoms with Crippen LogP contribution in [0.3, 0.4) is 0 Å². The van der Waals surface area contributed by atoms with Crippen molar-refractivity contribution in [2.24, 2.45) is 11.8 Å². The van der Waals surface area contributed by atoms with Crippen LogP contribution in [0.2, 0.25) is 0 Å². The molecule has 1 fully saturated rings. The first-order chi connectivity index (χ1) is 13.3. The summed E-state index contributed by atoms with van der Waals surface area (Å²) in [5.74, 6) is -0.686. The Hall–Kier alpha value is -2.08. The number of ether oxygens (including phenoxy) is 2. The molecule has 0 radical (unpaired) electrons. The number of carboxylic acid groups (broad SMARTS) is 1. The monoisotopic (exact) mass is 391 g/mol. The van der Waals surface area contributed by atoms with E-state index in [0.717, 1.165) is 18.6 Å². The Labute approximate surface area is 167 Å². The van der Waals surface area contributed by atoms with Gasteiger partial charge in [-0.3, -0.25) is 9.59 Å². The Morgan fingerprint density at radius 3 is 2.43 bits per heavy atom. The highest BCUT2D eigenvalue weighted by molar-refractivity contribution is 5.77. The molecule has 0 aromatic heterocycles. The highest BCUT2D eigenvalue weighted by Crippen LogP contribution is 2.25. The van der Waals surface area contributed by atoms with Crippen molar-refractivity contribution in [3.05, 3.63) is 29.8 Å². The Morgan fingerprint density at radius 1 is 1.21 bits per heavy atom. The summed E-state index contributed by atoms with van der Waals surface area (Å²) in [5.41, 5.74) is 1.35. The van der Waals surface area contributed by atoms with Crippen LogP contribution in [0.25, 0.3) is 0 Å². The summed E-state index contributed by atoms with van der Waals surface area (Å²) in [4.78, 5) is 23.5. The van der Waals surface area contributed by atoms with E-state index in [2.05, 4.69) is 38.2 Å². The van der Waals surface area contributed by atoms with Crippen molar-refractivity contribution < 1.29 is 24.2 Å². The van der Waals surface area contributed by atoms with E-state index < -0.39 is 11.9 Å². The molecule has 1 aliphatic heterocycles. The second-order valence-electron chi connectivity index (χ2n) is 8.43. The topological polar surface area (TPSA) is 84.9 Å². The Bertz CT molecular complexity index is 629. The van der Waals surface area contributed by atoms with E-state index in [9.17, 15) is 14.7 Å². The zero-order chi connectivity index (χ0) is 20.6. The molecule has 2 rings (SSSR count). The summed E-state index contributed by atoms with van der Waals surface area (Å²) in [5, 5.41) is 12.2. The lowest BCUT2D eigenvalue weighted by molar-refractivity contribution is -0.145.